The first-order valence-electron chi connectivity index (χ1n) is 8.95. The van der Waals surface area contributed by atoms with Gasteiger partial charge >= 0.3 is 0 Å². The second-order valence-corrected chi connectivity index (χ2v) is 8.25. The number of hydrogen-bond acceptors (Lipinski definition) is 4. The van der Waals surface area contributed by atoms with Crippen LogP contribution in [-0.4, -0.2) is 39.8 Å². The van der Waals surface area contributed by atoms with Crippen LogP contribution < -0.4 is 14.4 Å². The number of carbonyl (C=O) groups excluding carboxylic acids is 1. The van der Waals surface area contributed by atoms with Crippen LogP contribution >= 0.6 is 0 Å². The van der Waals surface area contributed by atoms with Crippen LogP contribution in [0.3, 0.4) is 0 Å². The Morgan fingerprint density at radius 3 is 2.39 bits per heavy atom. The number of para-hydroxylation sites is 1. The summed E-state index contributed by atoms with van der Waals surface area (Å²) in [4.78, 5) is 12.6. The second-order valence-electron chi connectivity index (χ2n) is 6.39. The van der Waals surface area contributed by atoms with Gasteiger partial charge in [0.25, 0.3) is 0 Å². The quantitative estimate of drug-likeness (QED) is 0.648. The van der Waals surface area contributed by atoms with Crippen LogP contribution in [0.2, 0.25) is 0 Å². The van der Waals surface area contributed by atoms with Crippen molar-refractivity contribution in [2.24, 2.45) is 0 Å². The van der Waals surface area contributed by atoms with E-state index in [0.717, 1.165) is 22.2 Å². The molecule has 0 spiro atoms. The number of nitrogens with one attached hydrogen (secondary N) is 1. The van der Waals surface area contributed by atoms with Crippen molar-refractivity contribution < 1.29 is 22.3 Å². The van der Waals surface area contributed by atoms with Crippen LogP contribution in [0.1, 0.15) is 18.9 Å². The minimum Gasteiger partial charge on any atom is -0.492 e. The second kappa shape index (κ2) is 9.54. The smallest absolute Gasteiger partial charge is 0.244 e. The van der Waals surface area contributed by atoms with E-state index in [1.54, 1.807) is 6.92 Å². The third-order valence-corrected chi connectivity index (χ3v) is 5.28. The highest BCUT2D eigenvalue weighted by atomic mass is 32.2. The normalized spacial score (nSPS) is 12.3. The topological polar surface area (TPSA) is 75.7 Å². The number of amides is 1. The summed E-state index contributed by atoms with van der Waals surface area (Å²) in [6, 6.07) is 11.9. The van der Waals surface area contributed by atoms with Crippen LogP contribution in [0.25, 0.3) is 0 Å². The molecule has 1 N–H and O–H groups in total. The van der Waals surface area contributed by atoms with E-state index in [4.69, 9.17) is 4.74 Å². The van der Waals surface area contributed by atoms with Crippen molar-refractivity contribution in [1.82, 2.24) is 5.32 Å². The molecule has 152 valence electrons. The van der Waals surface area contributed by atoms with Crippen molar-refractivity contribution in [3.05, 3.63) is 59.9 Å². The van der Waals surface area contributed by atoms with Crippen LogP contribution in [0, 0.1) is 12.7 Å². The molecule has 8 heteroatoms. The van der Waals surface area contributed by atoms with Gasteiger partial charge in [-0.1, -0.05) is 36.8 Å². The summed E-state index contributed by atoms with van der Waals surface area (Å²) in [5.74, 6) is -0.540. The maximum absolute atomic E-state index is 14.2. The van der Waals surface area contributed by atoms with E-state index in [1.165, 1.54) is 18.2 Å². The average molecular weight is 408 g/mol. The van der Waals surface area contributed by atoms with Crippen molar-refractivity contribution in [1.29, 1.82) is 0 Å². The Morgan fingerprint density at radius 1 is 1.18 bits per heavy atom. The van der Waals surface area contributed by atoms with Crippen molar-refractivity contribution in [2.45, 2.75) is 26.3 Å². The molecule has 1 atom stereocenters. The van der Waals surface area contributed by atoms with E-state index in [9.17, 15) is 17.6 Å². The zero-order valence-electron chi connectivity index (χ0n) is 16.2. The summed E-state index contributed by atoms with van der Waals surface area (Å²) in [6.45, 7) is 4.06. The molecule has 28 heavy (non-hydrogen) atoms. The lowest BCUT2D eigenvalue weighted by Crippen LogP contribution is -2.50. The fourth-order valence-electron chi connectivity index (χ4n) is 2.76. The Hall–Kier alpha value is -2.61. The Morgan fingerprint density at radius 2 is 1.82 bits per heavy atom. The molecular formula is C20H25FN2O4S. The van der Waals surface area contributed by atoms with Gasteiger partial charge in [-0.3, -0.25) is 9.10 Å². The number of anilines is 1. The monoisotopic (exact) mass is 408 g/mol. The highest BCUT2D eigenvalue weighted by Gasteiger charge is 2.32. The Bertz CT molecular complexity index is 901. The first kappa shape index (κ1) is 21.7. The van der Waals surface area contributed by atoms with E-state index in [-0.39, 0.29) is 25.3 Å². The molecule has 2 aromatic carbocycles. The maximum Gasteiger partial charge on any atom is 0.244 e. The number of carbonyl (C=O) groups is 1. The molecule has 0 radical (unpaired) electrons. The molecule has 2 aromatic rings. The van der Waals surface area contributed by atoms with Gasteiger partial charge in [0, 0.05) is 0 Å². The first-order chi connectivity index (χ1) is 13.2. The number of sulfonamides is 1. The van der Waals surface area contributed by atoms with Gasteiger partial charge in [0.2, 0.25) is 15.9 Å². The zero-order valence-corrected chi connectivity index (χ0v) is 17.0. The lowest BCUT2D eigenvalue weighted by Gasteiger charge is -2.30. The van der Waals surface area contributed by atoms with Gasteiger partial charge < -0.3 is 10.1 Å². The van der Waals surface area contributed by atoms with Gasteiger partial charge in [0.1, 0.15) is 24.2 Å². The van der Waals surface area contributed by atoms with Gasteiger partial charge in [-0.15, -0.1) is 0 Å². The van der Waals surface area contributed by atoms with E-state index < -0.39 is 27.8 Å². The van der Waals surface area contributed by atoms with Crippen LogP contribution in [-0.2, 0) is 14.8 Å². The number of halogens is 1. The van der Waals surface area contributed by atoms with E-state index in [0.29, 0.717) is 5.75 Å². The lowest BCUT2D eigenvalue weighted by atomic mass is 10.2. The van der Waals surface area contributed by atoms with Gasteiger partial charge in [0.05, 0.1) is 18.5 Å². The van der Waals surface area contributed by atoms with Gasteiger partial charge in [-0.05, 0) is 37.6 Å². The Labute approximate surface area is 165 Å². The SMILES string of the molecule is CCC(C(=O)NCCOc1ccc(C)cc1)N(c1ccccc1F)S(C)(=O)=O. The minimum atomic E-state index is -3.87. The van der Waals surface area contributed by atoms with Gasteiger partial charge in [-0.25, -0.2) is 12.8 Å². The average Bonchev–Trinajstić information content (AvgIpc) is 2.64. The van der Waals surface area contributed by atoms with Gasteiger partial charge in [0.15, 0.2) is 0 Å². The number of rotatable bonds is 9. The molecule has 0 aromatic heterocycles. The standard InChI is InChI=1S/C20H25FN2O4S/c1-4-18(23(28(3,25)26)19-8-6-5-7-17(19)21)20(24)22-13-14-27-16-11-9-15(2)10-12-16/h5-12,18H,4,13-14H2,1-3H3,(H,22,24). The molecule has 0 aliphatic heterocycles. The predicted molar refractivity (Wildman–Crippen MR) is 107 cm³/mol. The fraction of sp³-hybridized carbons (Fsp3) is 0.350. The molecule has 0 saturated heterocycles. The number of aryl methyl sites for hydroxylation is 1. The first-order valence-corrected chi connectivity index (χ1v) is 10.8. The molecule has 0 heterocycles. The summed E-state index contributed by atoms with van der Waals surface area (Å²) in [6.07, 6.45) is 1.14. The predicted octanol–water partition coefficient (Wildman–Crippen LogP) is 2.87. The van der Waals surface area contributed by atoms with Gasteiger partial charge in [-0.2, -0.15) is 0 Å². The van der Waals surface area contributed by atoms with Crippen LogP contribution in [0.15, 0.2) is 48.5 Å². The molecule has 0 saturated carbocycles. The van der Waals surface area contributed by atoms with Crippen molar-refractivity contribution in [2.75, 3.05) is 23.7 Å². The molecule has 0 aliphatic carbocycles. The van der Waals surface area contributed by atoms with E-state index in [2.05, 4.69) is 5.32 Å². The molecule has 1 amide bonds. The number of hydrogen-bond donors (Lipinski definition) is 1. The third kappa shape index (κ3) is 5.69. The molecule has 6 nitrogen and oxygen atoms in total. The molecule has 0 bridgehead atoms. The van der Waals surface area contributed by atoms with Crippen LogP contribution in [0.4, 0.5) is 10.1 Å². The van der Waals surface area contributed by atoms with E-state index >= 15 is 0 Å². The third-order valence-electron chi connectivity index (χ3n) is 4.11. The molecule has 2 rings (SSSR count). The molecule has 0 fully saturated rings. The van der Waals surface area contributed by atoms with Crippen molar-refractivity contribution in [3.63, 3.8) is 0 Å². The van der Waals surface area contributed by atoms with Crippen molar-refractivity contribution in [3.8, 4) is 5.75 Å². The number of nitrogens with zero attached hydrogens (tertiary/aromatic N) is 1. The van der Waals surface area contributed by atoms with Crippen molar-refractivity contribution >= 4 is 21.6 Å². The highest BCUT2D eigenvalue weighted by molar-refractivity contribution is 7.92. The molecule has 0 aliphatic rings. The summed E-state index contributed by atoms with van der Waals surface area (Å²) in [7, 11) is -3.87. The number of ether oxygens (including phenoxy) is 1. The highest BCUT2D eigenvalue weighted by Crippen LogP contribution is 2.25. The Balaban J connectivity index is 2.05. The summed E-state index contributed by atoms with van der Waals surface area (Å²) < 4.78 is 45.1. The molecule has 1 unspecified atom stereocenters. The largest absolute Gasteiger partial charge is 0.492 e. The Kier molecular flexibility index (Phi) is 7.39. The fourth-order valence-corrected chi connectivity index (χ4v) is 3.97. The summed E-state index contributed by atoms with van der Waals surface area (Å²) in [5, 5.41) is 2.66. The minimum absolute atomic E-state index is 0.150. The van der Waals surface area contributed by atoms with E-state index in [1.807, 2.05) is 31.2 Å². The maximum atomic E-state index is 14.2. The lowest BCUT2D eigenvalue weighted by molar-refractivity contribution is -0.122. The molecular weight excluding hydrogens is 383 g/mol. The summed E-state index contributed by atoms with van der Waals surface area (Å²) in [5.41, 5.74) is 0.961. The summed E-state index contributed by atoms with van der Waals surface area (Å²) >= 11 is 0. The van der Waals surface area contributed by atoms with Crippen LogP contribution in [0.5, 0.6) is 5.75 Å². The number of benzene rings is 2. The zero-order chi connectivity index (χ0) is 20.7.